The second kappa shape index (κ2) is 7.38. The normalized spacial score (nSPS) is 27.1. The first kappa shape index (κ1) is 17.7. The highest BCUT2D eigenvalue weighted by atomic mass is 16.6. The van der Waals surface area contributed by atoms with E-state index in [1.807, 2.05) is 6.07 Å². The quantitative estimate of drug-likeness (QED) is 0.692. The Balaban J connectivity index is 1.81. The van der Waals surface area contributed by atoms with E-state index in [4.69, 9.17) is 19.3 Å². The Kier molecular flexibility index (Phi) is 5.22. The highest BCUT2D eigenvalue weighted by Gasteiger charge is 2.46. The van der Waals surface area contributed by atoms with Crippen molar-refractivity contribution in [1.82, 2.24) is 0 Å². The third kappa shape index (κ3) is 3.76. The number of carboxylic acids is 1. The van der Waals surface area contributed by atoms with E-state index in [-0.39, 0.29) is 37.6 Å². The number of aliphatic hydroxyl groups excluding tert-OH is 1. The highest BCUT2D eigenvalue weighted by molar-refractivity contribution is 5.91. The standard InChI is InChI=1S/C17H21NO7/c1-23-8-15(20)18-9-2-3-13-11(4-9)12-5-10(6-16(21)22)24-14(7-19)17(12)25-13/h2-4,10,12,14,17,19H,5-8H2,1H3,(H,18,20)(H,21,22)/t10-,12+,14+,17-/m1/s1. The van der Waals surface area contributed by atoms with Crippen molar-refractivity contribution in [2.24, 2.45) is 0 Å². The number of rotatable bonds is 6. The second-order valence-electron chi connectivity index (χ2n) is 6.24. The fraction of sp³-hybridized carbons (Fsp3) is 0.529. The summed E-state index contributed by atoms with van der Waals surface area (Å²) in [5.41, 5.74) is 1.50. The van der Waals surface area contributed by atoms with Crippen LogP contribution < -0.4 is 10.1 Å². The third-order valence-corrected chi connectivity index (χ3v) is 4.46. The molecule has 0 aromatic heterocycles. The van der Waals surface area contributed by atoms with Gasteiger partial charge in [0.2, 0.25) is 5.91 Å². The molecule has 2 heterocycles. The van der Waals surface area contributed by atoms with Crippen LogP contribution >= 0.6 is 0 Å². The number of hydrogen-bond donors (Lipinski definition) is 3. The Labute approximate surface area is 144 Å². The van der Waals surface area contributed by atoms with Gasteiger partial charge in [-0.15, -0.1) is 0 Å². The van der Waals surface area contributed by atoms with Crippen LogP contribution in [0.1, 0.15) is 24.3 Å². The number of ether oxygens (including phenoxy) is 3. The minimum Gasteiger partial charge on any atom is -0.487 e. The van der Waals surface area contributed by atoms with Crippen LogP contribution in [0.3, 0.4) is 0 Å². The Morgan fingerprint density at radius 3 is 2.88 bits per heavy atom. The number of fused-ring (bicyclic) bond motifs is 3. The molecule has 8 heteroatoms. The summed E-state index contributed by atoms with van der Waals surface area (Å²) in [6, 6.07) is 5.31. The average molecular weight is 351 g/mol. The first-order chi connectivity index (χ1) is 12.0. The van der Waals surface area contributed by atoms with E-state index < -0.39 is 18.2 Å². The van der Waals surface area contributed by atoms with E-state index in [0.29, 0.717) is 17.9 Å². The number of hydrogen-bond acceptors (Lipinski definition) is 6. The van der Waals surface area contributed by atoms with Crippen molar-refractivity contribution in [2.75, 3.05) is 25.6 Å². The summed E-state index contributed by atoms with van der Waals surface area (Å²) in [7, 11) is 1.44. The molecule has 1 saturated heterocycles. The van der Waals surface area contributed by atoms with Crippen molar-refractivity contribution in [3.63, 3.8) is 0 Å². The van der Waals surface area contributed by atoms with Gasteiger partial charge in [-0.1, -0.05) is 0 Å². The van der Waals surface area contributed by atoms with Crippen LogP contribution in [0.5, 0.6) is 5.75 Å². The maximum atomic E-state index is 11.7. The Hall–Kier alpha value is -2.16. The van der Waals surface area contributed by atoms with Crippen LogP contribution in [0.25, 0.3) is 0 Å². The summed E-state index contributed by atoms with van der Waals surface area (Å²) in [6.07, 6.45) is -1.08. The molecule has 3 rings (SSSR count). The van der Waals surface area contributed by atoms with E-state index in [0.717, 1.165) is 5.56 Å². The molecule has 1 amide bonds. The molecule has 0 unspecified atom stereocenters. The van der Waals surface area contributed by atoms with Crippen molar-refractivity contribution >= 4 is 17.6 Å². The lowest BCUT2D eigenvalue weighted by molar-refractivity contribution is -0.153. The summed E-state index contributed by atoms with van der Waals surface area (Å²) < 4.78 is 16.4. The highest BCUT2D eigenvalue weighted by Crippen LogP contribution is 2.47. The Bertz CT molecular complexity index is 662. The molecular weight excluding hydrogens is 330 g/mol. The number of aliphatic hydroxyl groups is 1. The molecule has 0 saturated carbocycles. The van der Waals surface area contributed by atoms with Crippen LogP contribution in [0.4, 0.5) is 5.69 Å². The lowest BCUT2D eigenvalue weighted by Crippen LogP contribution is -2.46. The van der Waals surface area contributed by atoms with Crippen molar-refractivity contribution < 1.29 is 34.0 Å². The fourth-order valence-electron chi connectivity index (χ4n) is 3.49. The number of carbonyl (C=O) groups is 2. The van der Waals surface area contributed by atoms with E-state index in [2.05, 4.69) is 5.32 Å². The van der Waals surface area contributed by atoms with Crippen molar-refractivity contribution in [1.29, 1.82) is 0 Å². The summed E-state index contributed by atoms with van der Waals surface area (Å²) >= 11 is 0. The molecular formula is C17H21NO7. The molecule has 0 radical (unpaired) electrons. The molecule has 0 aliphatic carbocycles. The van der Waals surface area contributed by atoms with Gasteiger partial charge in [0, 0.05) is 24.3 Å². The Morgan fingerprint density at radius 2 is 2.20 bits per heavy atom. The molecule has 1 aromatic carbocycles. The van der Waals surface area contributed by atoms with Gasteiger partial charge < -0.3 is 29.7 Å². The van der Waals surface area contributed by atoms with Crippen molar-refractivity contribution in [2.45, 2.75) is 37.1 Å². The fourth-order valence-corrected chi connectivity index (χ4v) is 3.49. The van der Waals surface area contributed by atoms with E-state index in [1.165, 1.54) is 7.11 Å². The monoisotopic (exact) mass is 351 g/mol. The summed E-state index contributed by atoms with van der Waals surface area (Å²) in [5.74, 6) is -0.635. The smallest absolute Gasteiger partial charge is 0.305 e. The van der Waals surface area contributed by atoms with Gasteiger partial charge in [-0.25, -0.2) is 0 Å². The molecule has 1 aromatic rings. The predicted octanol–water partition coefficient (Wildman–Crippen LogP) is 0.741. The molecule has 8 nitrogen and oxygen atoms in total. The number of carbonyl (C=O) groups excluding carboxylic acids is 1. The molecule has 2 aliphatic heterocycles. The average Bonchev–Trinajstić information content (AvgIpc) is 2.92. The zero-order valence-corrected chi connectivity index (χ0v) is 13.8. The van der Waals surface area contributed by atoms with E-state index in [1.54, 1.807) is 12.1 Å². The van der Waals surface area contributed by atoms with Gasteiger partial charge in [-0.2, -0.15) is 0 Å². The van der Waals surface area contributed by atoms with Crippen LogP contribution in [-0.2, 0) is 19.1 Å². The van der Waals surface area contributed by atoms with Crippen molar-refractivity contribution in [3.05, 3.63) is 23.8 Å². The van der Waals surface area contributed by atoms with Gasteiger partial charge in [0.05, 0.1) is 19.1 Å². The number of methoxy groups -OCH3 is 1. The third-order valence-electron chi connectivity index (χ3n) is 4.46. The minimum atomic E-state index is -0.945. The summed E-state index contributed by atoms with van der Waals surface area (Å²) in [5, 5.41) is 21.3. The molecule has 0 spiro atoms. The lowest BCUT2D eigenvalue weighted by Gasteiger charge is -2.36. The summed E-state index contributed by atoms with van der Waals surface area (Å²) in [4.78, 5) is 22.7. The molecule has 136 valence electrons. The molecule has 3 N–H and O–H groups in total. The predicted molar refractivity (Wildman–Crippen MR) is 86.7 cm³/mol. The molecule has 1 fully saturated rings. The number of benzene rings is 1. The maximum Gasteiger partial charge on any atom is 0.305 e. The zero-order valence-electron chi connectivity index (χ0n) is 13.8. The number of anilines is 1. The van der Waals surface area contributed by atoms with Crippen LogP contribution in [0.15, 0.2) is 18.2 Å². The van der Waals surface area contributed by atoms with Gasteiger partial charge >= 0.3 is 5.97 Å². The van der Waals surface area contributed by atoms with Gasteiger partial charge in [0.15, 0.2) is 0 Å². The van der Waals surface area contributed by atoms with Gasteiger partial charge in [0.1, 0.15) is 24.6 Å². The number of amides is 1. The molecule has 2 aliphatic rings. The molecule has 0 bridgehead atoms. The van der Waals surface area contributed by atoms with Crippen LogP contribution in [0.2, 0.25) is 0 Å². The van der Waals surface area contributed by atoms with Crippen LogP contribution in [0, 0.1) is 0 Å². The van der Waals surface area contributed by atoms with Crippen molar-refractivity contribution in [3.8, 4) is 5.75 Å². The number of nitrogens with one attached hydrogen (secondary N) is 1. The first-order valence-corrected chi connectivity index (χ1v) is 8.09. The number of carboxylic acid groups (broad SMARTS) is 1. The zero-order chi connectivity index (χ0) is 18.0. The molecule has 4 atom stereocenters. The topological polar surface area (TPSA) is 114 Å². The Morgan fingerprint density at radius 1 is 1.40 bits per heavy atom. The summed E-state index contributed by atoms with van der Waals surface area (Å²) in [6.45, 7) is -0.288. The molecule has 25 heavy (non-hydrogen) atoms. The van der Waals surface area contributed by atoms with Gasteiger partial charge in [-0.3, -0.25) is 9.59 Å². The van der Waals surface area contributed by atoms with Gasteiger partial charge in [0.25, 0.3) is 0 Å². The van der Waals surface area contributed by atoms with Crippen LogP contribution in [-0.4, -0.2) is 60.7 Å². The largest absolute Gasteiger partial charge is 0.487 e. The SMILES string of the molecule is COCC(=O)Nc1ccc2c(c1)[C@@H]1C[C@H](CC(=O)O)O[C@@H](CO)[C@@H]1O2. The first-order valence-electron chi connectivity index (χ1n) is 8.09. The number of aliphatic carboxylic acids is 1. The van der Waals surface area contributed by atoms with E-state index >= 15 is 0 Å². The lowest BCUT2D eigenvalue weighted by atomic mass is 9.84. The minimum absolute atomic E-state index is 0.0409. The maximum absolute atomic E-state index is 11.7. The van der Waals surface area contributed by atoms with Gasteiger partial charge in [-0.05, 0) is 24.6 Å². The van der Waals surface area contributed by atoms with E-state index in [9.17, 15) is 14.7 Å². The second-order valence-corrected chi connectivity index (χ2v) is 6.24.